The van der Waals surface area contributed by atoms with Crippen LogP contribution in [0.5, 0.6) is 0 Å². The second kappa shape index (κ2) is 4.42. The van der Waals surface area contributed by atoms with Crippen LogP contribution in [-0.2, 0) is 0 Å². The Morgan fingerprint density at radius 1 is 0.900 bits per heavy atom. The highest BCUT2D eigenvalue weighted by atomic mass is 32.1. The van der Waals surface area contributed by atoms with Crippen molar-refractivity contribution >= 4 is 16.5 Å². The molecule has 3 nitrogen and oxygen atoms in total. The van der Waals surface area contributed by atoms with Crippen LogP contribution in [0.15, 0.2) is 48.5 Å². The van der Waals surface area contributed by atoms with Gasteiger partial charge < -0.3 is 5.32 Å². The summed E-state index contributed by atoms with van der Waals surface area (Å²) >= 11 is 1.59. The zero-order chi connectivity index (χ0) is 13.5. The molecule has 4 rings (SSSR count). The largest absolute Gasteiger partial charge is 0.349 e. The van der Waals surface area contributed by atoms with Gasteiger partial charge in [-0.05, 0) is 29.2 Å². The monoisotopic (exact) mass is 279 g/mol. The van der Waals surface area contributed by atoms with E-state index in [0.717, 1.165) is 10.1 Å². The molecule has 0 amide bonds. The van der Waals surface area contributed by atoms with E-state index in [1.54, 1.807) is 11.3 Å². The van der Waals surface area contributed by atoms with Crippen LogP contribution >= 0.6 is 11.3 Å². The molecule has 0 fully saturated rings. The third-order valence-electron chi connectivity index (χ3n) is 3.63. The fraction of sp³-hybridized carbons (Fsp3) is 0.125. The van der Waals surface area contributed by atoms with Crippen LogP contribution in [0.3, 0.4) is 0 Å². The van der Waals surface area contributed by atoms with Gasteiger partial charge in [-0.25, -0.2) is 0 Å². The number of aromatic nitrogens is 2. The van der Waals surface area contributed by atoms with E-state index >= 15 is 0 Å². The summed E-state index contributed by atoms with van der Waals surface area (Å²) < 4.78 is 0. The first-order valence-electron chi connectivity index (χ1n) is 6.58. The van der Waals surface area contributed by atoms with Gasteiger partial charge in [-0.2, -0.15) is 0 Å². The predicted octanol–water partition coefficient (Wildman–Crippen LogP) is 4.03. The van der Waals surface area contributed by atoms with Crippen molar-refractivity contribution in [1.29, 1.82) is 0 Å². The topological polar surface area (TPSA) is 37.8 Å². The summed E-state index contributed by atoms with van der Waals surface area (Å²) in [6, 6.07) is 17.2. The highest BCUT2D eigenvalue weighted by Crippen LogP contribution is 2.44. The zero-order valence-electron chi connectivity index (χ0n) is 11.0. The number of nitrogens with zero attached hydrogens (tertiary/aromatic N) is 2. The van der Waals surface area contributed by atoms with Crippen LogP contribution in [0.2, 0.25) is 0 Å². The fourth-order valence-corrected chi connectivity index (χ4v) is 3.41. The van der Waals surface area contributed by atoms with Crippen LogP contribution in [0.25, 0.3) is 11.1 Å². The minimum atomic E-state index is 0.162. The van der Waals surface area contributed by atoms with Gasteiger partial charge in [0.05, 0.1) is 6.04 Å². The average molecular weight is 279 g/mol. The van der Waals surface area contributed by atoms with Crippen LogP contribution in [0.1, 0.15) is 22.2 Å². The van der Waals surface area contributed by atoms with E-state index in [1.165, 1.54) is 22.3 Å². The molecule has 0 saturated carbocycles. The minimum absolute atomic E-state index is 0.162. The third-order valence-corrected chi connectivity index (χ3v) is 4.40. The standard InChI is InChI=1S/C16H13N3S/c1-10-18-19-16(20-10)17-15-13-8-4-2-6-11(13)12-7-3-5-9-14(12)15/h2-9,15H,1H3,(H,17,19). The van der Waals surface area contributed by atoms with Gasteiger partial charge >= 0.3 is 0 Å². The van der Waals surface area contributed by atoms with Gasteiger partial charge in [0, 0.05) is 0 Å². The molecule has 98 valence electrons. The molecular weight excluding hydrogens is 266 g/mol. The van der Waals surface area contributed by atoms with Crippen molar-refractivity contribution < 1.29 is 0 Å². The maximum atomic E-state index is 4.18. The Hall–Kier alpha value is -2.20. The SMILES string of the molecule is Cc1nnc(NC2c3ccccc3-c3ccccc32)s1. The Morgan fingerprint density at radius 2 is 1.50 bits per heavy atom. The van der Waals surface area contributed by atoms with Crippen LogP contribution in [0.4, 0.5) is 5.13 Å². The molecule has 0 spiro atoms. The summed E-state index contributed by atoms with van der Waals surface area (Å²) in [6.45, 7) is 1.97. The van der Waals surface area contributed by atoms with Crippen LogP contribution in [-0.4, -0.2) is 10.2 Å². The summed E-state index contributed by atoms with van der Waals surface area (Å²) in [5, 5.41) is 13.6. The van der Waals surface area contributed by atoms with Gasteiger partial charge in [0.1, 0.15) is 5.01 Å². The molecule has 20 heavy (non-hydrogen) atoms. The van der Waals surface area contributed by atoms with Crippen molar-refractivity contribution in [3.8, 4) is 11.1 Å². The normalized spacial score (nSPS) is 13.1. The molecule has 0 radical (unpaired) electrons. The lowest BCUT2D eigenvalue weighted by atomic mass is 10.1. The quantitative estimate of drug-likeness (QED) is 0.769. The van der Waals surface area contributed by atoms with E-state index in [1.807, 2.05) is 6.92 Å². The van der Waals surface area contributed by atoms with Gasteiger partial charge in [0.25, 0.3) is 0 Å². The number of benzene rings is 2. The molecule has 1 aromatic heterocycles. The molecule has 4 heteroatoms. The lowest BCUT2D eigenvalue weighted by Crippen LogP contribution is -2.08. The lowest BCUT2D eigenvalue weighted by molar-refractivity contribution is 0.946. The van der Waals surface area contributed by atoms with Crippen molar-refractivity contribution in [3.63, 3.8) is 0 Å². The van der Waals surface area contributed by atoms with Crippen molar-refractivity contribution in [1.82, 2.24) is 10.2 Å². The summed E-state index contributed by atoms with van der Waals surface area (Å²) in [6.07, 6.45) is 0. The molecule has 0 atom stereocenters. The molecule has 1 heterocycles. The van der Waals surface area contributed by atoms with Gasteiger partial charge in [-0.15, -0.1) is 10.2 Å². The number of rotatable bonds is 2. The molecule has 2 aromatic carbocycles. The summed E-state index contributed by atoms with van der Waals surface area (Å²) in [5.74, 6) is 0. The van der Waals surface area contributed by atoms with Crippen molar-refractivity contribution in [2.45, 2.75) is 13.0 Å². The minimum Gasteiger partial charge on any atom is -0.349 e. The molecule has 0 unspecified atom stereocenters. The Balaban J connectivity index is 1.83. The van der Waals surface area contributed by atoms with Gasteiger partial charge in [-0.1, -0.05) is 59.9 Å². The average Bonchev–Trinajstić information content (AvgIpc) is 3.03. The summed E-state index contributed by atoms with van der Waals surface area (Å²) in [5.41, 5.74) is 5.23. The van der Waals surface area contributed by atoms with Gasteiger partial charge in [0.15, 0.2) is 0 Å². The molecule has 1 aliphatic carbocycles. The van der Waals surface area contributed by atoms with E-state index in [9.17, 15) is 0 Å². The highest BCUT2D eigenvalue weighted by molar-refractivity contribution is 7.15. The number of hydrogen-bond donors (Lipinski definition) is 1. The van der Waals surface area contributed by atoms with Crippen LogP contribution in [0, 0.1) is 6.92 Å². The maximum Gasteiger partial charge on any atom is 0.206 e. The van der Waals surface area contributed by atoms with Crippen molar-refractivity contribution in [2.24, 2.45) is 0 Å². The Labute approximate surface area is 121 Å². The predicted molar refractivity (Wildman–Crippen MR) is 82.0 cm³/mol. The number of anilines is 1. The second-order valence-corrected chi connectivity index (χ2v) is 6.06. The molecule has 0 bridgehead atoms. The van der Waals surface area contributed by atoms with E-state index < -0.39 is 0 Å². The highest BCUT2D eigenvalue weighted by Gasteiger charge is 2.28. The number of nitrogens with one attached hydrogen (secondary N) is 1. The number of aryl methyl sites for hydroxylation is 1. The third kappa shape index (κ3) is 1.72. The van der Waals surface area contributed by atoms with E-state index in [4.69, 9.17) is 0 Å². The van der Waals surface area contributed by atoms with Crippen molar-refractivity contribution in [2.75, 3.05) is 5.32 Å². The van der Waals surface area contributed by atoms with Gasteiger partial charge in [0.2, 0.25) is 5.13 Å². The molecule has 1 aliphatic rings. The smallest absolute Gasteiger partial charge is 0.206 e. The lowest BCUT2D eigenvalue weighted by Gasteiger charge is -2.14. The first-order valence-corrected chi connectivity index (χ1v) is 7.39. The molecule has 0 aliphatic heterocycles. The first kappa shape index (κ1) is 11.6. The Morgan fingerprint density at radius 3 is 2.05 bits per heavy atom. The molecule has 3 aromatic rings. The van der Waals surface area contributed by atoms with Crippen molar-refractivity contribution in [3.05, 3.63) is 64.7 Å². The van der Waals surface area contributed by atoms with E-state index in [2.05, 4.69) is 64.0 Å². The number of fused-ring (bicyclic) bond motifs is 3. The Kier molecular flexibility index (Phi) is 2.57. The summed E-state index contributed by atoms with van der Waals surface area (Å²) in [4.78, 5) is 0. The summed E-state index contributed by atoms with van der Waals surface area (Å²) in [7, 11) is 0. The van der Waals surface area contributed by atoms with Gasteiger partial charge in [-0.3, -0.25) is 0 Å². The zero-order valence-corrected chi connectivity index (χ0v) is 11.8. The fourth-order valence-electron chi connectivity index (χ4n) is 2.79. The number of hydrogen-bond acceptors (Lipinski definition) is 4. The second-order valence-electron chi connectivity index (χ2n) is 4.88. The van der Waals surface area contributed by atoms with E-state index in [-0.39, 0.29) is 6.04 Å². The first-order chi connectivity index (χ1) is 9.83. The molecular formula is C16H13N3S. The molecule has 1 N–H and O–H groups in total. The van der Waals surface area contributed by atoms with Crippen LogP contribution < -0.4 is 5.32 Å². The maximum absolute atomic E-state index is 4.18. The molecule has 0 saturated heterocycles. The van der Waals surface area contributed by atoms with E-state index in [0.29, 0.717) is 0 Å². The Bertz CT molecular complexity index is 733.